The summed E-state index contributed by atoms with van der Waals surface area (Å²) in [5.74, 6) is 0.199. The molecule has 0 unspecified atom stereocenters. The van der Waals surface area contributed by atoms with E-state index < -0.39 is 5.82 Å². The van der Waals surface area contributed by atoms with Crippen LogP contribution in [-0.4, -0.2) is 9.71 Å². The molecule has 1 heterocycles. The normalized spacial score (nSPS) is 11.0. The Morgan fingerprint density at radius 3 is 2.46 bits per heavy atom. The number of nitrogens with zero attached hydrogens (tertiary/aromatic N) is 2. The first-order valence-electron chi connectivity index (χ1n) is 7.93. The molecule has 0 bridgehead atoms. The van der Waals surface area contributed by atoms with Gasteiger partial charge < -0.3 is 4.84 Å². The number of benzene rings is 3. The van der Waals surface area contributed by atoms with Crippen LogP contribution in [-0.2, 0) is 6.61 Å². The average Bonchev–Trinajstić information content (AvgIpc) is 3.01. The lowest BCUT2D eigenvalue weighted by molar-refractivity contribution is 0.108. The van der Waals surface area contributed by atoms with E-state index in [4.69, 9.17) is 28.0 Å². The van der Waals surface area contributed by atoms with Gasteiger partial charge in [0, 0.05) is 16.1 Å². The fourth-order valence-corrected chi connectivity index (χ4v) is 3.06. The highest BCUT2D eigenvalue weighted by molar-refractivity contribution is 6.31. The molecule has 26 heavy (non-hydrogen) atoms. The van der Waals surface area contributed by atoms with Crippen molar-refractivity contribution >= 4 is 34.2 Å². The van der Waals surface area contributed by atoms with Gasteiger partial charge in [0.05, 0.1) is 10.5 Å². The van der Waals surface area contributed by atoms with E-state index in [1.807, 2.05) is 36.4 Å². The summed E-state index contributed by atoms with van der Waals surface area (Å²) in [7, 11) is 0. The zero-order valence-corrected chi connectivity index (χ0v) is 15.0. The molecular weight excluding hydrogens is 374 g/mol. The third kappa shape index (κ3) is 3.14. The van der Waals surface area contributed by atoms with Gasteiger partial charge in [-0.3, -0.25) is 0 Å². The quantitative estimate of drug-likeness (QED) is 0.444. The van der Waals surface area contributed by atoms with Crippen molar-refractivity contribution in [2.24, 2.45) is 0 Å². The minimum absolute atomic E-state index is 0.0214. The first-order chi connectivity index (χ1) is 12.6. The van der Waals surface area contributed by atoms with Crippen LogP contribution < -0.4 is 4.84 Å². The Morgan fingerprint density at radius 2 is 1.69 bits per heavy atom. The van der Waals surface area contributed by atoms with Crippen LogP contribution in [0.4, 0.5) is 4.39 Å². The molecule has 1 aromatic heterocycles. The van der Waals surface area contributed by atoms with Gasteiger partial charge in [-0.1, -0.05) is 41.4 Å². The number of rotatable bonds is 4. The summed E-state index contributed by atoms with van der Waals surface area (Å²) in [6, 6.07) is 19.4. The van der Waals surface area contributed by atoms with Crippen molar-refractivity contribution in [3.8, 4) is 11.4 Å². The third-order valence-electron chi connectivity index (χ3n) is 4.02. The lowest BCUT2D eigenvalue weighted by atomic mass is 10.2. The number of aromatic nitrogens is 2. The second kappa shape index (κ2) is 6.98. The molecule has 0 aliphatic rings. The highest BCUT2D eigenvalue weighted by atomic mass is 35.5. The predicted octanol–water partition coefficient (Wildman–Crippen LogP) is 5.78. The molecule has 0 fully saturated rings. The average molecular weight is 387 g/mol. The Labute approximate surface area is 159 Å². The molecule has 0 saturated carbocycles. The molecule has 0 saturated heterocycles. The van der Waals surface area contributed by atoms with Crippen LogP contribution in [0.15, 0.2) is 66.7 Å². The van der Waals surface area contributed by atoms with E-state index in [0.29, 0.717) is 21.4 Å². The van der Waals surface area contributed by atoms with Gasteiger partial charge >= 0.3 is 0 Å². The number of fused-ring (bicyclic) bond motifs is 1. The SMILES string of the molecule is Fc1cccc(Cl)c1COn1c(-c2ccc(Cl)cc2)nc2ccccc21. The maximum absolute atomic E-state index is 14.1. The van der Waals surface area contributed by atoms with E-state index in [0.717, 1.165) is 16.6 Å². The summed E-state index contributed by atoms with van der Waals surface area (Å²) >= 11 is 12.1. The molecule has 0 amide bonds. The van der Waals surface area contributed by atoms with Gasteiger partial charge in [-0.15, -0.1) is 0 Å². The van der Waals surface area contributed by atoms with Crippen molar-refractivity contribution in [2.45, 2.75) is 6.61 Å². The Hall–Kier alpha value is -2.56. The summed E-state index contributed by atoms with van der Waals surface area (Å²) in [4.78, 5) is 10.6. The van der Waals surface area contributed by atoms with Crippen LogP contribution in [0.25, 0.3) is 22.4 Å². The van der Waals surface area contributed by atoms with Crippen molar-refractivity contribution in [3.05, 3.63) is 88.2 Å². The van der Waals surface area contributed by atoms with Crippen LogP contribution in [0.1, 0.15) is 5.56 Å². The van der Waals surface area contributed by atoms with Crippen molar-refractivity contribution in [1.29, 1.82) is 0 Å². The van der Waals surface area contributed by atoms with Gasteiger partial charge in [0.25, 0.3) is 0 Å². The van der Waals surface area contributed by atoms with Gasteiger partial charge in [-0.05, 0) is 48.5 Å². The van der Waals surface area contributed by atoms with Crippen LogP contribution in [0.2, 0.25) is 10.0 Å². The molecule has 0 aliphatic carbocycles. The number of halogens is 3. The summed E-state index contributed by atoms with van der Waals surface area (Å²) in [5.41, 5.74) is 2.70. The maximum atomic E-state index is 14.1. The van der Waals surface area contributed by atoms with E-state index in [-0.39, 0.29) is 6.61 Å². The summed E-state index contributed by atoms with van der Waals surface area (Å²) < 4.78 is 15.7. The number of imidazole rings is 1. The molecule has 6 heteroatoms. The summed E-state index contributed by atoms with van der Waals surface area (Å²) in [5, 5.41) is 0.956. The van der Waals surface area contributed by atoms with E-state index in [9.17, 15) is 4.39 Å². The van der Waals surface area contributed by atoms with Gasteiger partial charge in [0.1, 0.15) is 17.9 Å². The maximum Gasteiger partial charge on any atom is 0.176 e. The van der Waals surface area contributed by atoms with E-state index in [1.54, 1.807) is 29.0 Å². The molecule has 4 aromatic rings. The first-order valence-corrected chi connectivity index (χ1v) is 8.68. The van der Waals surface area contributed by atoms with Crippen LogP contribution in [0.3, 0.4) is 0 Å². The molecule has 3 nitrogen and oxygen atoms in total. The Morgan fingerprint density at radius 1 is 0.923 bits per heavy atom. The molecule has 4 rings (SSSR count). The largest absolute Gasteiger partial charge is 0.407 e. The first kappa shape index (κ1) is 16.9. The van der Waals surface area contributed by atoms with Gasteiger partial charge in [0.2, 0.25) is 0 Å². The monoisotopic (exact) mass is 386 g/mol. The fraction of sp³-hybridized carbons (Fsp3) is 0.0500. The topological polar surface area (TPSA) is 27.1 Å². The van der Waals surface area contributed by atoms with Crippen LogP contribution >= 0.6 is 23.2 Å². The van der Waals surface area contributed by atoms with Crippen molar-refractivity contribution < 1.29 is 9.23 Å². The Bertz CT molecular complexity index is 1060. The van der Waals surface area contributed by atoms with Crippen molar-refractivity contribution in [1.82, 2.24) is 9.71 Å². The summed E-state index contributed by atoms with van der Waals surface area (Å²) in [6.45, 7) is -0.0214. The fourth-order valence-electron chi connectivity index (χ4n) is 2.71. The molecule has 3 aromatic carbocycles. The van der Waals surface area contributed by atoms with E-state index in [2.05, 4.69) is 4.98 Å². The van der Waals surface area contributed by atoms with E-state index in [1.165, 1.54) is 6.07 Å². The number of hydrogen-bond donors (Lipinski definition) is 0. The molecule has 130 valence electrons. The smallest absolute Gasteiger partial charge is 0.176 e. The van der Waals surface area contributed by atoms with Gasteiger partial charge in [-0.25, -0.2) is 9.37 Å². The lowest BCUT2D eigenvalue weighted by Crippen LogP contribution is -2.13. The number of hydrogen-bond acceptors (Lipinski definition) is 2. The predicted molar refractivity (Wildman–Crippen MR) is 102 cm³/mol. The summed E-state index contributed by atoms with van der Waals surface area (Å²) in [6.07, 6.45) is 0. The second-order valence-electron chi connectivity index (χ2n) is 5.70. The van der Waals surface area contributed by atoms with Crippen LogP contribution in [0, 0.1) is 5.82 Å². The highest BCUT2D eigenvalue weighted by Crippen LogP contribution is 2.26. The number of para-hydroxylation sites is 2. The molecule has 0 spiro atoms. The molecular formula is C20H13Cl2FN2O. The van der Waals surface area contributed by atoms with Crippen LogP contribution in [0.5, 0.6) is 0 Å². The minimum atomic E-state index is -0.407. The van der Waals surface area contributed by atoms with Gasteiger partial charge in [-0.2, -0.15) is 4.73 Å². The molecule has 0 radical (unpaired) electrons. The Balaban J connectivity index is 1.78. The highest BCUT2D eigenvalue weighted by Gasteiger charge is 2.15. The van der Waals surface area contributed by atoms with E-state index >= 15 is 0 Å². The second-order valence-corrected chi connectivity index (χ2v) is 6.54. The molecule has 0 N–H and O–H groups in total. The molecule has 0 aliphatic heterocycles. The Kier molecular flexibility index (Phi) is 4.53. The zero-order valence-electron chi connectivity index (χ0n) is 13.5. The van der Waals surface area contributed by atoms with Crippen molar-refractivity contribution in [2.75, 3.05) is 0 Å². The molecule has 0 atom stereocenters. The van der Waals surface area contributed by atoms with Gasteiger partial charge in [0.15, 0.2) is 5.82 Å². The van der Waals surface area contributed by atoms with Crippen molar-refractivity contribution in [3.63, 3.8) is 0 Å². The minimum Gasteiger partial charge on any atom is -0.407 e. The lowest BCUT2D eigenvalue weighted by Gasteiger charge is -2.12. The standard InChI is InChI=1S/C20H13Cl2FN2O/c21-14-10-8-13(9-11-14)20-24-18-6-1-2-7-19(18)25(20)26-12-15-16(22)4-3-5-17(15)23/h1-11H,12H2. The zero-order chi connectivity index (χ0) is 18.1. The third-order valence-corrected chi connectivity index (χ3v) is 4.63.